The van der Waals surface area contributed by atoms with Crippen LogP contribution in [0.3, 0.4) is 0 Å². The fraction of sp³-hybridized carbons (Fsp3) is 0.371. The molecule has 6 rings (SSSR count). The van der Waals surface area contributed by atoms with E-state index in [1.165, 1.54) is 0 Å². The summed E-state index contributed by atoms with van der Waals surface area (Å²) in [5.74, 6) is 1.72. The third-order valence-corrected chi connectivity index (χ3v) is 9.08. The highest BCUT2D eigenvalue weighted by atomic mass is 16.5. The molecule has 2 N–H and O–H groups in total. The number of hydrogen-bond donors (Lipinski definition) is 1. The van der Waals surface area contributed by atoms with Gasteiger partial charge in [0.2, 0.25) is 5.91 Å². The quantitative estimate of drug-likeness (QED) is 0.334. The highest BCUT2D eigenvalue weighted by Gasteiger charge is 2.55. The molecule has 0 unspecified atom stereocenters. The molecule has 0 atom stereocenters. The summed E-state index contributed by atoms with van der Waals surface area (Å²) in [5, 5.41) is 0. The van der Waals surface area contributed by atoms with Crippen molar-refractivity contribution in [3.05, 3.63) is 95.2 Å². The molecule has 1 saturated carbocycles. The van der Waals surface area contributed by atoms with Crippen LogP contribution >= 0.6 is 0 Å². The molecule has 42 heavy (non-hydrogen) atoms. The Bertz CT molecular complexity index is 1500. The van der Waals surface area contributed by atoms with Gasteiger partial charge < -0.3 is 25.0 Å². The number of likely N-dealkylation sites (tertiary alicyclic amines) is 1. The Morgan fingerprint density at radius 3 is 2.40 bits per heavy atom. The molecule has 3 aromatic rings. The first kappa shape index (κ1) is 28.0. The number of ether oxygens (including phenoxy) is 2. The maximum absolute atomic E-state index is 14.3. The van der Waals surface area contributed by atoms with Gasteiger partial charge in [0.05, 0.1) is 36.2 Å². The van der Waals surface area contributed by atoms with Crippen LogP contribution in [0, 0.1) is 0 Å². The van der Waals surface area contributed by atoms with Crippen molar-refractivity contribution in [3.8, 4) is 11.5 Å². The standard InChI is InChI=1S/C35H40N4O3/c1-24(22-36)32(37-27-8-5-4-6-9-27)26-20-30-33(31(21-26)42-29-14-18-38(2)19-15-29)39(34(40)35(30)16-7-17-35)23-25-10-12-28(41-3)13-11-25/h4-6,8-13,20-22,29H,7,14-19,23,36H2,1-3H3. The molecule has 2 fully saturated rings. The average Bonchev–Trinajstić information content (AvgIpc) is 3.25. The lowest BCUT2D eigenvalue weighted by atomic mass is 9.65. The molecule has 7 heteroatoms. The molecule has 1 spiro atoms. The van der Waals surface area contributed by atoms with Crippen LogP contribution < -0.4 is 20.1 Å². The van der Waals surface area contributed by atoms with Crippen LogP contribution in [0.25, 0.3) is 0 Å². The van der Waals surface area contributed by atoms with Crippen LogP contribution in [0.15, 0.2) is 83.5 Å². The second-order valence-electron chi connectivity index (χ2n) is 11.8. The van der Waals surface area contributed by atoms with E-state index in [4.69, 9.17) is 20.2 Å². The van der Waals surface area contributed by atoms with Crippen LogP contribution in [-0.2, 0) is 16.8 Å². The minimum Gasteiger partial charge on any atom is -0.497 e. The Hall–Kier alpha value is -4.10. The lowest BCUT2D eigenvalue weighted by Crippen LogP contribution is -2.44. The van der Waals surface area contributed by atoms with E-state index in [9.17, 15) is 4.79 Å². The summed E-state index contributed by atoms with van der Waals surface area (Å²) < 4.78 is 12.2. The van der Waals surface area contributed by atoms with Gasteiger partial charge in [-0.1, -0.05) is 36.8 Å². The third-order valence-electron chi connectivity index (χ3n) is 9.08. The second-order valence-corrected chi connectivity index (χ2v) is 11.8. The number of piperidine rings is 1. The Balaban J connectivity index is 1.49. The molecule has 2 heterocycles. The van der Waals surface area contributed by atoms with E-state index in [1.807, 2.05) is 66.4 Å². The van der Waals surface area contributed by atoms with E-state index in [0.717, 1.165) is 96.0 Å². The SMILES string of the molecule is COc1ccc(CN2C(=O)C3(CCC3)c3cc(C(=Nc4ccccc4)C(C)=CN)cc(OC4CCN(C)CC4)c32)cc1. The number of fused-ring (bicyclic) bond motifs is 2. The van der Waals surface area contributed by atoms with Gasteiger partial charge in [-0.05, 0) is 99.0 Å². The number of rotatable bonds is 8. The van der Waals surface area contributed by atoms with Gasteiger partial charge in [-0.2, -0.15) is 0 Å². The van der Waals surface area contributed by atoms with Crippen LogP contribution in [0.1, 0.15) is 55.7 Å². The molecular formula is C35H40N4O3. The topological polar surface area (TPSA) is 80.4 Å². The number of carbonyl (C=O) groups excluding carboxylic acids is 1. The summed E-state index contributed by atoms with van der Waals surface area (Å²) in [4.78, 5) is 23.7. The van der Waals surface area contributed by atoms with Gasteiger partial charge in [-0.3, -0.25) is 4.79 Å². The number of allylic oxidation sites excluding steroid dienone is 1. The maximum atomic E-state index is 14.3. The van der Waals surface area contributed by atoms with E-state index in [-0.39, 0.29) is 12.0 Å². The van der Waals surface area contributed by atoms with Crippen molar-refractivity contribution in [2.24, 2.45) is 10.7 Å². The number of para-hydroxylation sites is 1. The normalized spacial score (nSPS) is 19.1. The molecule has 3 aromatic carbocycles. The number of methoxy groups -OCH3 is 1. The lowest BCUT2D eigenvalue weighted by Gasteiger charge is -2.37. The zero-order valence-electron chi connectivity index (χ0n) is 24.8. The van der Waals surface area contributed by atoms with E-state index in [2.05, 4.69) is 24.1 Å². The summed E-state index contributed by atoms with van der Waals surface area (Å²) in [7, 11) is 3.81. The minimum atomic E-state index is -0.527. The number of amides is 1. The van der Waals surface area contributed by atoms with Crippen LogP contribution in [0.4, 0.5) is 11.4 Å². The van der Waals surface area contributed by atoms with E-state index < -0.39 is 5.41 Å². The number of nitrogens with zero attached hydrogens (tertiary/aromatic N) is 3. The predicted octanol–water partition coefficient (Wildman–Crippen LogP) is 6.12. The van der Waals surface area contributed by atoms with Gasteiger partial charge in [0, 0.05) is 18.7 Å². The first-order chi connectivity index (χ1) is 20.4. The third kappa shape index (κ3) is 5.18. The number of carbonyl (C=O) groups is 1. The van der Waals surface area contributed by atoms with Crippen LogP contribution in [0.5, 0.6) is 11.5 Å². The van der Waals surface area contributed by atoms with Crippen molar-refractivity contribution < 1.29 is 14.3 Å². The van der Waals surface area contributed by atoms with Crippen LogP contribution in [-0.4, -0.2) is 49.9 Å². The van der Waals surface area contributed by atoms with Crippen molar-refractivity contribution in [2.45, 2.75) is 57.1 Å². The van der Waals surface area contributed by atoms with E-state index >= 15 is 0 Å². The second kappa shape index (κ2) is 11.6. The summed E-state index contributed by atoms with van der Waals surface area (Å²) in [6.45, 7) is 4.43. The molecule has 3 aliphatic rings. The van der Waals surface area contributed by atoms with Crippen molar-refractivity contribution >= 4 is 23.0 Å². The Morgan fingerprint density at radius 2 is 1.79 bits per heavy atom. The Morgan fingerprint density at radius 1 is 1.07 bits per heavy atom. The highest BCUT2D eigenvalue weighted by molar-refractivity contribution is 6.16. The zero-order chi connectivity index (χ0) is 29.3. The highest BCUT2D eigenvalue weighted by Crippen LogP contribution is 2.57. The molecule has 7 nitrogen and oxygen atoms in total. The number of aliphatic imine (C=N–C) groups is 1. The fourth-order valence-electron chi connectivity index (χ4n) is 6.40. The Labute approximate surface area is 248 Å². The molecule has 2 aliphatic heterocycles. The van der Waals surface area contributed by atoms with Crippen molar-refractivity contribution in [1.82, 2.24) is 4.90 Å². The van der Waals surface area contributed by atoms with Crippen LogP contribution in [0.2, 0.25) is 0 Å². The number of hydrogen-bond acceptors (Lipinski definition) is 6. The van der Waals surface area contributed by atoms with Crippen molar-refractivity contribution in [3.63, 3.8) is 0 Å². The summed E-state index contributed by atoms with van der Waals surface area (Å²) in [6, 6.07) is 22.1. The number of benzene rings is 3. The molecule has 218 valence electrons. The first-order valence-corrected chi connectivity index (χ1v) is 14.9. The van der Waals surface area contributed by atoms with Crippen molar-refractivity contribution in [1.29, 1.82) is 0 Å². The Kier molecular flexibility index (Phi) is 7.78. The first-order valence-electron chi connectivity index (χ1n) is 14.9. The predicted molar refractivity (Wildman–Crippen MR) is 168 cm³/mol. The smallest absolute Gasteiger partial charge is 0.238 e. The maximum Gasteiger partial charge on any atom is 0.238 e. The zero-order valence-corrected chi connectivity index (χ0v) is 24.8. The molecule has 0 aromatic heterocycles. The molecule has 1 saturated heterocycles. The van der Waals surface area contributed by atoms with Gasteiger partial charge in [-0.25, -0.2) is 4.99 Å². The van der Waals surface area contributed by atoms with Gasteiger partial charge in [0.25, 0.3) is 0 Å². The van der Waals surface area contributed by atoms with Gasteiger partial charge >= 0.3 is 0 Å². The number of nitrogens with two attached hydrogens (primary N) is 1. The minimum absolute atomic E-state index is 0.0806. The average molecular weight is 565 g/mol. The largest absolute Gasteiger partial charge is 0.497 e. The van der Waals surface area contributed by atoms with E-state index in [1.54, 1.807) is 13.3 Å². The molecule has 0 radical (unpaired) electrons. The summed E-state index contributed by atoms with van der Waals surface area (Å²) in [6.07, 6.45) is 6.28. The fourth-order valence-corrected chi connectivity index (χ4v) is 6.40. The van der Waals surface area contributed by atoms with E-state index in [0.29, 0.717) is 6.54 Å². The molecule has 1 aliphatic carbocycles. The van der Waals surface area contributed by atoms with Crippen molar-refractivity contribution in [2.75, 3.05) is 32.1 Å². The summed E-state index contributed by atoms with van der Waals surface area (Å²) >= 11 is 0. The molecular weight excluding hydrogens is 524 g/mol. The van der Waals surface area contributed by atoms with Gasteiger partial charge in [-0.15, -0.1) is 0 Å². The monoisotopic (exact) mass is 564 g/mol. The molecule has 0 bridgehead atoms. The van der Waals surface area contributed by atoms with Gasteiger partial charge in [0.1, 0.15) is 17.6 Å². The molecule has 1 amide bonds. The summed E-state index contributed by atoms with van der Waals surface area (Å²) in [5.41, 5.74) is 12.0. The van der Waals surface area contributed by atoms with Gasteiger partial charge in [0.15, 0.2) is 0 Å². The lowest BCUT2D eigenvalue weighted by molar-refractivity contribution is -0.126. The number of anilines is 1.